The van der Waals surface area contributed by atoms with Gasteiger partial charge in [0.2, 0.25) is 0 Å². The molecule has 0 spiro atoms. The van der Waals surface area contributed by atoms with Crippen molar-refractivity contribution in [2.75, 3.05) is 0 Å². The summed E-state index contributed by atoms with van der Waals surface area (Å²) in [6, 6.07) is 10.1. The summed E-state index contributed by atoms with van der Waals surface area (Å²) in [6.45, 7) is 3.97. The Morgan fingerprint density at radius 3 is 2.55 bits per heavy atom. The minimum absolute atomic E-state index is 0.330. The molecule has 1 N–H and O–H groups in total. The number of halogens is 1. The van der Waals surface area contributed by atoms with Gasteiger partial charge in [0, 0.05) is 18.3 Å². The molecule has 0 amide bonds. The van der Waals surface area contributed by atoms with E-state index in [0.29, 0.717) is 18.4 Å². The number of hydrogen-bond acceptors (Lipinski definition) is 2. The van der Waals surface area contributed by atoms with Crippen molar-refractivity contribution < 1.29 is 9.50 Å². The van der Waals surface area contributed by atoms with Crippen LogP contribution in [0.3, 0.4) is 0 Å². The van der Waals surface area contributed by atoms with Gasteiger partial charge >= 0.3 is 0 Å². The predicted molar refractivity (Wildman–Crippen MR) is 77.9 cm³/mol. The lowest BCUT2D eigenvalue weighted by molar-refractivity contribution is 0.0314. The van der Waals surface area contributed by atoms with Crippen molar-refractivity contribution in [3.8, 4) is 0 Å². The van der Waals surface area contributed by atoms with Crippen LogP contribution in [0.15, 0.2) is 42.6 Å². The van der Waals surface area contributed by atoms with E-state index >= 15 is 0 Å². The van der Waals surface area contributed by atoms with Gasteiger partial charge in [-0.3, -0.25) is 4.98 Å². The summed E-state index contributed by atoms with van der Waals surface area (Å²) < 4.78 is 13.3. The minimum atomic E-state index is -1.08. The first kappa shape index (κ1) is 14.7. The number of aryl methyl sites for hydroxylation is 1. The molecule has 2 nitrogen and oxygen atoms in total. The van der Waals surface area contributed by atoms with Crippen LogP contribution < -0.4 is 0 Å². The molecular weight excluding hydrogens is 253 g/mol. The Labute approximate surface area is 119 Å². The van der Waals surface area contributed by atoms with E-state index in [1.54, 1.807) is 12.1 Å². The molecule has 1 unspecified atom stereocenters. The zero-order valence-electron chi connectivity index (χ0n) is 11.9. The van der Waals surface area contributed by atoms with Crippen molar-refractivity contribution in [3.05, 3.63) is 65.2 Å². The van der Waals surface area contributed by atoms with Gasteiger partial charge in [0.15, 0.2) is 0 Å². The second-order valence-electron chi connectivity index (χ2n) is 5.08. The van der Waals surface area contributed by atoms with E-state index in [9.17, 15) is 9.50 Å². The zero-order chi connectivity index (χ0) is 14.6. The molecule has 0 saturated carbocycles. The van der Waals surface area contributed by atoms with Gasteiger partial charge in [-0.25, -0.2) is 4.39 Å². The minimum Gasteiger partial charge on any atom is -0.385 e. The highest BCUT2D eigenvalue weighted by molar-refractivity contribution is 5.26. The third-order valence-electron chi connectivity index (χ3n) is 3.71. The van der Waals surface area contributed by atoms with E-state index in [4.69, 9.17) is 0 Å². The van der Waals surface area contributed by atoms with Crippen LogP contribution in [0.25, 0.3) is 0 Å². The molecule has 2 rings (SSSR count). The Balaban J connectivity index is 2.26. The molecule has 0 aliphatic carbocycles. The van der Waals surface area contributed by atoms with Crippen LogP contribution in [-0.2, 0) is 18.4 Å². The summed E-state index contributed by atoms with van der Waals surface area (Å²) in [4.78, 5) is 4.38. The molecule has 0 radical (unpaired) electrons. The first-order valence-corrected chi connectivity index (χ1v) is 6.99. The molecule has 0 aliphatic heterocycles. The number of hydrogen-bond donors (Lipinski definition) is 1. The van der Waals surface area contributed by atoms with E-state index < -0.39 is 5.60 Å². The van der Waals surface area contributed by atoms with Crippen LogP contribution in [0.1, 0.15) is 37.1 Å². The second kappa shape index (κ2) is 6.14. The fourth-order valence-corrected chi connectivity index (χ4v) is 2.28. The maximum Gasteiger partial charge on any atom is 0.123 e. The standard InChI is InChI=1S/C17H20FNO/c1-3-13-8-9-16(19-12-13)11-17(20,4-2)14-6-5-7-15(18)10-14/h5-10,12,20H,3-4,11H2,1-2H3. The lowest BCUT2D eigenvalue weighted by atomic mass is 9.86. The van der Waals surface area contributed by atoms with Crippen LogP contribution in [0.5, 0.6) is 0 Å². The largest absolute Gasteiger partial charge is 0.385 e. The molecule has 1 atom stereocenters. The molecule has 3 heteroatoms. The molecule has 0 saturated heterocycles. The van der Waals surface area contributed by atoms with Crippen molar-refractivity contribution in [3.63, 3.8) is 0 Å². The number of aromatic nitrogens is 1. The highest BCUT2D eigenvalue weighted by Crippen LogP contribution is 2.29. The summed E-state index contributed by atoms with van der Waals surface area (Å²) >= 11 is 0. The molecule has 106 valence electrons. The number of rotatable bonds is 5. The summed E-state index contributed by atoms with van der Waals surface area (Å²) in [6.07, 6.45) is 3.66. The molecule has 20 heavy (non-hydrogen) atoms. The van der Waals surface area contributed by atoms with E-state index in [2.05, 4.69) is 11.9 Å². The molecule has 0 bridgehead atoms. The summed E-state index contributed by atoms with van der Waals surface area (Å²) in [5.74, 6) is -0.330. The topological polar surface area (TPSA) is 33.1 Å². The number of pyridine rings is 1. The van der Waals surface area contributed by atoms with Gasteiger partial charge in [-0.2, -0.15) is 0 Å². The van der Waals surface area contributed by atoms with Crippen LogP contribution in [0.4, 0.5) is 4.39 Å². The van der Waals surface area contributed by atoms with Gasteiger partial charge in [0.1, 0.15) is 5.82 Å². The van der Waals surface area contributed by atoms with Gasteiger partial charge in [0.05, 0.1) is 5.60 Å². The predicted octanol–water partition coefficient (Wildman–Crippen LogP) is 3.62. The fraction of sp³-hybridized carbons (Fsp3) is 0.353. The van der Waals surface area contributed by atoms with E-state index in [-0.39, 0.29) is 5.82 Å². The van der Waals surface area contributed by atoms with Gasteiger partial charge < -0.3 is 5.11 Å². The zero-order valence-corrected chi connectivity index (χ0v) is 11.9. The highest BCUT2D eigenvalue weighted by atomic mass is 19.1. The lowest BCUT2D eigenvalue weighted by Crippen LogP contribution is -2.28. The van der Waals surface area contributed by atoms with Crippen LogP contribution >= 0.6 is 0 Å². The third kappa shape index (κ3) is 3.23. The maximum absolute atomic E-state index is 13.3. The van der Waals surface area contributed by atoms with Gasteiger partial charge in [0.25, 0.3) is 0 Å². The summed E-state index contributed by atoms with van der Waals surface area (Å²) in [5.41, 5.74) is 1.50. The van der Waals surface area contributed by atoms with E-state index in [1.807, 2.05) is 25.3 Å². The highest BCUT2D eigenvalue weighted by Gasteiger charge is 2.28. The third-order valence-corrected chi connectivity index (χ3v) is 3.71. The van der Waals surface area contributed by atoms with Crippen molar-refractivity contribution >= 4 is 0 Å². The Morgan fingerprint density at radius 2 is 2.00 bits per heavy atom. The molecule has 1 aromatic heterocycles. The SMILES string of the molecule is CCc1ccc(CC(O)(CC)c2cccc(F)c2)nc1. The average molecular weight is 273 g/mol. The molecule has 1 aromatic carbocycles. The molecule has 0 fully saturated rings. The van der Waals surface area contributed by atoms with Gasteiger partial charge in [-0.05, 0) is 42.2 Å². The normalized spacial score (nSPS) is 14.0. The Morgan fingerprint density at radius 1 is 1.20 bits per heavy atom. The van der Waals surface area contributed by atoms with Crippen LogP contribution in [0.2, 0.25) is 0 Å². The number of aliphatic hydroxyl groups is 1. The average Bonchev–Trinajstić information content (AvgIpc) is 2.48. The first-order valence-electron chi connectivity index (χ1n) is 6.99. The number of nitrogens with zero attached hydrogens (tertiary/aromatic N) is 1. The maximum atomic E-state index is 13.3. The van der Waals surface area contributed by atoms with Gasteiger partial charge in [-0.1, -0.05) is 32.0 Å². The summed E-state index contributed by atoms with van der Waals surface area (Å²) in [7, 11) is 0. The van der Waals surface area contributed by atoms with Crippen molar-refractivity contribution in [2.45, 2.75) is 38.7 Å². The van der Waals surface area contributed by atoms with Crippen LogP contribution in [0, 0.1) is 5.82 Å². The van der Waals surface area contributed by atoms with Gasteiger partial charge in [-0.15, -0.1) is 0 Å². The molecule has 1 heterocycles. The Bertz CT molecular complexity index is 567. The Kier molecular flexibility index (Phi) is 4.50. The van der Waals surface area contributed by atoms with Crippen LogP contribution in [-0.4, -0.2) is 10.1 Å². The quantitative estimate of drug-likeness (QED) is 0.902. The van der Waals surface area contributed by atoms with E-state index in [1.165, 1.54) is 17.7 Å². The molecule has 2 aromatic rings. The lowest BCUT2D eigenvalue weighted by Gasteiger charge is -2.27. The molecular formula is C17H20FNO. The fourth-order valence-electron chi connectivity index (χ4n) is 2.28. The Hall–Kier alpha value is -1.74. The van der Waals surface area contributed by atoms with E-state index in [0.717, 1.165) is 12.1 Å². The smallest absolute Gasteiger partial charge is 0.123 e. The van der Waals surface area contributed by atoms with Crippen molar-refractivity contribution in [1.82, 2.24) is 4.98 Å². The monoisotopic (exact) mass is 273 g/mol. The second-order valence-corrected chi connectivity index (χ2v) is 5.08. The van der Waals surface area contributed by atoms with Crippen molar-refractivity contribution in [1.29, 1.82) is 0 Å². The first-order chi connectivity index (χ1) is 9.57. The number of benzene rings is 1. The summed E-state index contributed by atoms with van der Waals surface area (Å²) in [5, 5.41) is 10.8. The molecule has 0 aliphatic rings. The van der Waals surface area contributed by atoms with Crippen molar-refractivity contribution in [2.24, 2.45) is 0 Å².